The van der Waals surface area contributed by atoms with Crippen molar-refractivity contribution in [1.82, 2.24) is 10.2 Å². The Kier molecular flexibility index (Phi) is 6.96. The van der Waals surface area contributed by atoms with Crippen LogP contribution in [-0.2, 0) is 4.79 Å². The minimum absolute atomic E-state index is 0.248. The summed E-state index contributed by atoms with van der Waals surface area (Å²) >= 11 is 0. The molecule has 1 aliphatic rings. The molecule has 1 rings (SSSR count). The van der Waals surface area contributed by atoms with Gasteiger partial charge in [-0.05, 0) is 58.5 Å². The molecule has 0 bridgehead atoms. The van der Waals surface area contributed by atoms with E-state index >= 15 is 0 Å². The summed E-state index contributed by atoms with van der Waals surface area (Å²) in [5.41, 5.74) is 4.96. The Bertz CT molecular complexity index is 300. The summed E-state index contributed by atoms with van der Waals surface area (Å²) < 4.78 is 0. The van der Waals surface area contributed by atoms with Crippen LogP contribution >= 0.6 is 0 Å². The fourth-order valence-electron chi connectivity index (χ4n) is 3.27. The van der Waals surface area contributed by atoms with Gasteiger partial charge in [-0.25, -0.2) is 0 Å². The summed E-state index contributed by atoms with van der Waals surface area (Å²) in [7, 11) is 2.18. The van der Waals surface area contributed by atoms with Crippen molar-refractivity contribution in [2.45, 2.75) is 70.9 Å². The van der Waals surface area contributed by atoms with Gasteiger partial charge in [0.15, 0.2) is 0 Å². The van der Waals surface area contributed by atoms with Gasteiger partial charge in [-0.15, -0.1) is 0 Å². The Morgan fingerprint density at radius 1 is 1.30 bits per heavy atom. The molecule has 1 fully saturated rings. The normalized spacial score (nSPS) is 26.4. The van der Waals surface area contributed by atoms with E-state index in [0.29, 0.717) is 6.04 Å². The molecule has 0 spiro atoms. The number of amides is 1. The molecule has 3 N–H and O–H groups in total. The molecule has 0 aromatic rings. The Balaban J connectivity index is 2.42. The molecule has 1 atom stereocenters. The van der Waals surface area contributed by atoms with Crippen molar-refractivity contribution in [2.24, 2.45) is 11.7 Å². The second-order valence-corrected chi connectivity index (χ2v) is 6.54. The molecule has 0 aromatic carbocycles. The Morgan fingerprint density at radius 2 is 1.90 bits per heavy atom. The molecule has 4 nitrogen and oxygen atoms in total. The van der Waals surface area contributed by atoms with Gasteiger partial charge in [-0.2, -0.15) is 0 Å². The summed E-state index contributed by atoms with van der Waals surface area (Å²) in [6, 6.07) is 0.677. The van der Waals surface area contributed by atoms with Crippen molar-refractivity contribution < 1.29 is 4.79 Å². The standard InChI is InChI=1S/C16H33N3O/c1-5-13-7-9-14(10-8-13)19(4)12-11-16(3,15(17)20)18-6-2/h13-14,18H,5-12H2,1-4H3,(H2,17,20). The molecule has 0 aliphatic heterocycles. The summed E-state index contributed by atoms with van der Waals surface area (Å²) in [6.07, 6.45) is 7.39. The SMILES string of the molecule is CCNC(C)(CCN(C)C1CCC(CC)CC1)C(N)=O. The van der Waals surface area contributed by atoms with Gasteiger partial charge in [-0.1, -0.05) is 20.3 Å². The number of primary amides is 1. The Morgan fingerprint density at radius 3 is 2.35 bits per heavy atom. The number of likely N-dealkylation sites (N-methyl/N-ethyl adjacent to an activating group) is 1. The van der Waals surface area contributed by atoms with E-state index in [1.807, 2.05) is 13.8 Å². The molecular formula is C16H33N3O. The molecule has 1 amide bonds. The van der Waals surface area contributed by atoms with Crippen molar-refractivity contribution in [2.75, 3.05) is 20.1 Å². The van der Waals surface area contributed by atoms with E-state index in [4.69, 9.17) is 5.73 Å². The monoisotopic (exact) mass is 283 g/mol. The highest BCUT2D eigenvalue weighted by molar-refractivity contribution is 5.84. The lowest BCUT2D eigenvalue weighted by atomic mass is 9.84. The first kappa shape index (κ1) is 17.4. The van der Waals surface area contributed by atoms with Crippen molar-refractivity contribution in [3.8, 4) is 0 Å². The number of nitrogens with zero attached hydrogens (tertiary/aromatic N) is 1. The first-order chi connectivity index (χ1) is 9.42. The first-order valence-electron chi connectivity index (χ1n) is 8.18. The van der Waals surface area contributed by atoms with Gasteiger partial charge < -0.3 is 16.0 Å². The number of carbonyl (C=O) groups excluding carboxylic acids is 1. The van der Waals surface area contributed by atoms with Crippen LogP contribution in [0.3, 0.4) is 0 Å². The second kappa shape index (κ2) is 7.99. The molecule has 1 unspecified atom stereocenters. The maximum Gasteiger partial charge on any atom is 0.237 e. The average Bonchev–Trinajstić information content (AvgIpc) is 2.45. The van der Waals surface area contributed by atoms with E-state index in [1.165, 1.54) is 32.1 Å². The van der Waals surface area contributed by atoms with Crippen LogP contribution in [0.5, 0.6) is 0 Å². The number of hydrogen-bond acceptors (Lipinski definition) is 3. The quantitative estimate of drug-likeness (QED) is 0.717. The molecule has 0 radical (unpaired) electrons. The van der Waals surface area contributed by atoms with Gasteiger partial charge in [0.25, 0.3) is 0 Å². The van der Waals surface area contributed by atoms with Crippen LogP contribution < -0.4 is 11.1 Å². The summed E-state index contributed by atoms with van der Waals surface area (Å²) in [5.74, 6) is 0.680. The maximum atomic E-state index is 11.6. The summed E-state index contributed by atoms with van der Waals surface area (Å²) in [5, 5.41) is 3.23. The van der Waals surface area contributed by atoms with Crippen LogP contribution in [0.15, 0.2) is 0 Å². The van der Waals surface area contributed by atoms with Crippen LogP contribution in [0.2, 0.25) is 0 Å². The largest absolute Gasteiger partial charge is 0.368 e. The van der Waals surface area contributed by atoms with Gasteiger partial charge in [0.1, 0.15) is 0 Å². The van der Waals surface area contributed by atoms with Crippen molar-refractivity contribution >= 4 is 5.91 Å². The molecule has 20 heavy (non-hydrogen) atoms. The zero-order chi connectivity index (χ0) is 15.2. The fourth-order valence-corrected chi connectivity index (χ4v) is 3.27. The zero-order valence-electron chi connectivity index (χ0n) is 13.7. The lowest BCUT2D eigenvalue weighted by Gasteiger charge is -2.36. The Labute approximate surface area is 124 Å². The van der Waals surface area contributed by atoms with Gasteiger partial charge in [0.2, 0.25) is 5.91 Å². The molecule has 0 saturated heterocycles. The minimum atomic E-state index is -0.580. The number of nitrogens with two attached hydrogens (primary N) is 1. The molecule has 1 saturated carbocycles. The van der Waals surface area contributed by atoms with Crippen molar-refractivity contribution in [3.63, 3.8) is 0 Å². The molecular weight excluding hydrogens is 250 g/mol. The summed E-state index contributed by atoms with van der Waals surface area (Å²) in [4.78, 5) is 14.0. The predicted octanol–water partition coefficient (Wildman–Crippen LogP) is 2.13. The van der Waals surface area contributed by atoms with Crippen LogP contribution in [0.1, 0.15) is 59.3 Å². The van der Waals surface area contributed by atoms with E-state index in [1.54, 1.807) is 0 Å². The van der Waals surface area contributed by atoms with Crippen LogP contribution in [0.4, 0.5) is 0 Å². The van der Waals surface area contributed by atoms with Gasteiger partial charge in [0, 0.05) is 12.6 Å². The van der Waals surface area contributed by atoms with E-state index in [-0.39, 0.29) is 5.91 Å². The average molecular weight is 283 g/mol. The molecule has 1 aliphatic carbocycles. The highest BCUT2D eigenvalue weighted by Crippen LogP contribution is 2.29. The van der Waals surface area contributed by atoms with Crippen LogP contribution in [-0.4, -0.2) is 42.5 Å². The van der Waals surface area contributed by atoms with E-state index < -0.39 is 5.54 Å². The number of rotatable bonds is 8. The minimum Gasteiger partial charge on any atom is -0.368 e. The van der Waals surface area contributed by atoms with Crippen molar-refractivity contribution in [3.05, 3.63) is 0 Å². The van der Waals surface area contributed by atoms with Crippen molar-refractivity contribution in [1.29, 1.82) is 0 Å². The van der Waals surface area contributed by atoms with E-state index in [2.05, 4.69) is 24.2 Å². The number of nitrogens with one attached hydrogen (secondary N) is 1. The number of carbonyl (C=O) groups is 1. The van der Waals surface area contributed by atoms with Crippen LogP contribution in [0, 0.1) is 5.92 Å². The maximum absolute atomic E-state index is 11.6. The lowest BCUT2D eigenvalue weighted by molar-refractivity contribution is -0.124. The third-order valence-electron chi connectivity index (χ3n) is 5.09. The topological polar surface area (TPSA) is 58.4 Å². The third kappa shape index (κ3) is 4.74. The smallest absolute Gasteiger partial charge is 0.237 e. The molecule has 4 heteroatoms. The third-order valence-corrected chi connectivity index (χ3v) is 5.09. The van der Waals surface area contributed by atoms with Crippen LogP contribution in [0.25, 0.3) is 0 Å². The highest BCUT2D eigenvalue weighted by atomic mass is 16.1. The van der Waals surface area contributed by atoms with Gasteiger partial charge in [-0.3, -0.25) is 4.79 Å². The van der Waals surface area contributed by atoms with Gasteiger partial charge in [0.05, 0.1) is 5.54 Å². The molecule has 118 valence electrons. The highest BCUT2D eigenvalue weighted by Gasteiger charge is 2.31. The zero-order valence-corrected chi connectivity index (χ0v) is 13.7. The second-order valence-electron chi connectivity index (χ2n) is 6.54. The first-order valence-corrected chi connectivity index (χ1v) is 8.18. The lowest BCUT2D eigenvalue weighted by Crippen LogP contribution is -2.54. The van der Waals surface area contributed by atoms with Gasteiger partial charge >= 0.3 is 0 Å². The number of hydrogen-bond donors (Lipinski definition) is 2. The fraction of sp³-hybridized carbons (Fsp3) is 0.938. The molecule has 0 heterocycles. The predicted molar refractivity (Wildman–Crippen MR) is 84.6 cm³/mol. The summed E-state index contributed by atoms with van der Waals surface area (Å²) in [6.45, 7) is 7.92. The van der Waals surface area contributed by atoms with E-state index in [9.17, 15) is 4.79 Å². The Hall–Kier alpha value is -0.610. The molecule has 0 aromatic heterocycles. The van der Waals surface area contributed by atoms with E-state index in [0.717, 1.165) is 25.4 Å².